The Balaban J connectivity index is 1.69. The second kappa shape index (κ2) is 10.5. The smallest absolute Gasteiger partial charge is 0.284 e. The quantitative estimate of drug-likeness (QED) is 0.240. The number of imidazole rings is 1. The van der Waals surface area contributed by atoms with Crippen molar-refractivity contribution in [3.8, 4) is 11.1 Å². The Labute approximate surface area is 209 Å². The Bertz CT molecular complexity index is 1520. The van der Waals surface area contributed by atoms with Crippen molar-refractivity contribution in [2.24, 2.45) is 4.40 Å². The average Bonchev–Trinajstić information content (AvgIpc) is 3.20. The maximum Gasteiger partial charge on any atom is 0.284 e. The van der Waals surface area contributed by atoms with E-state index in [2.05, 4.69) is 11.3 Å². The highest BCUT2D eigenvalue weighted by molar-refractivity contribution is 7.90. The molecule has 0 fully saturated rings. The van der Waals surface area contributed by atoms with Gasteiger partial charge in [-0.15, -0.1) is 15.7 Å². The van der Waals surface area contributed by atoms with Crippen molar-refractivity contribution in [1.29, 1.82) is 0 Å². The van der Waals surface area contributed by atoms with E-state index in [1.54, 1.807) is 48.6 Å². The lowest BCUT2D eigenvalue weighted by molar-refractivity contribution is 0.595. The zero-order chi connectivity index (χ0) is 25.0. The predicted octanol–water partition coefficient (Wildman–Crippen LogP) is 4.79. The summed E-state index contributed by atoms with van der Waals surface area (Å²) in [4.78, 5) is 19.9. The van der Waals surface area contributed by atoms with Crippen LogP contribution in [0.4, 0.5) is 0 Å². The SMILES string of the molecule is CCCCc1nc2sccc(=O)c2n1Cc1ccc(-c2ccccc2S(=O)(=O)/N=C/N(C)C)cc1. The Hall–Kier alpha value is -3.30. The summed E-state index contributed by atoms with van der Waals surface area (Å²) in [6.45, 7) is 2.66. The van der Waals surface area contributed by atoms with E-state index in [1.807, 2.05) is 34.9 Å². The van der Waals surface area contributed by atoms with Crippen LogP contribution in [0.15, 0.2) is 74.1 Å². The second-order valence-electron chi connectivity index (χ2n) is 8.51. The molecular weight excluding hydrogens is 480 g/mol. The monoisotopic (exact) mass is 508 g/mol. The van der Waals surface area contributed by atoms with Gasteiger partial charge >= 0.3 is 0 Å². The third-order valence-corrected chi connectivity index (χ3v) is 7.65. The summed E-state index contributed by atoms with van der Waals surface area (Å²) < 4.78 is 31.5. The number of hydrogen-bond acceptors (Lipinski definition) is 5. The van der Waals surface area contributed by atoms with Gasteiger partial charge in [0.05, 0.1) is 4.90 Å². The molecular formula is C26H28N4O3S2. The minimum absolute atomic E-state index is 0.0250. The minimum Gasteiger partial charge on any atom is -0.368 e. The van der Waals surface area contributed by atoms with Gasteiger partial charge in [-0.25, -0.2) is 4.98 Å². The molecule has 0 aliphatic rings. The number of aryl methyl sites for hydroxylation is 1. The Morgan fingerprint density at radius 2 is 1.83 bits per heavy atom. The van der Waals surface area contributed by atoms with Crippen LogP contribution < -0.4 is 5.43 Å². The molecule has 9 heteroatoms. The van der Waals surface area contributed by atoms with Gasteiger partial charge in [-0.05, 0) is 35.1 Å². The van der Waals surface area contributed by atoms with E-state index in [1.165, 1.54) is 17.7 Å². The number of rotatable bonds is 9. The van der Waals surface area contributed by atoms with Gasteiger partial charge in [0.15, 0.2) is 0 Å². The molecule has 4 rings (SSSR count). The highest BCUT2D eigenvalue weighted by atomic mass is 32.2. The van der Waals surface area contributed by atoms with E-state index >= 15 is 0 Å². The third-order valence-electron chi connectivity index (χ3n) is 5.59. The molecule has 0 unspecified atom stereocenters. The molecule has 0 aliphatic heterocycles. The van der Waals surface area contributed by atoms with Crippen LogP contribution in [0.2, 0.25) is 0 Å². The summed E-state index contributed by atoms with van der Waals surface area (Å²) in [5.74, 6) is 0.917. The molecule has 35 heavy (non-hydrogen) atoms. The number of aromatic nitrogens is 2. The van der Waals surface area contributed by atoms with Gasteiger partial charge in [-0.3, -0.25) is 4.79 Å². The van der Waals surface area contributed by atoms with Crippen LogP contribution in [0.1, 0.15) is 31.2 Å². The predicted molar refractivity (Wildman–Crippen MR) is 143 cm³/mol. The molecule has 0 N–H and O–H groups in total. The average molecular weight is 509 g/mol. The standard InChI is InChI=1S/C26H28N4O3S2/c1-4-5-10-24-28-26-25(22(31)15-16-34-26)30(24)17-19-11-13-20(14-12-19)21-8-6-7-9-23(21)35(32,33)27-18-29(2)3/h6-9,11-16,18H,4-5,10,17H2,1-3H3/b27-18+. The number of fused-ring (bicyclic) bond motifs is 1. The van der Waals surface area contributed by atoms with Crippen LogP contribution in [0, 0.1) is 0 Å². The second-order valence-corrected chi connectivity index (χ2v) is 11.0. The van der Waals surface area contributed by atoms with Gasteiger partial charge in [-0.2, -0.15) is 8.42 Å². The van der Waals surface area contributed by atoms with Gasteiger partial charge in [0, 0.05) is 32.6 Å². The number of unbranched alkanes of at least 4 members (excludes halogenated alkanes) is 1. The van der Waals surface area contributed by atoms with Crippen LogP contribution in [0.5, 0.6) is 0 Å². The lowest BCUT2D eigenvalue weighted by Gasteiger charge is -2.11. The maximum atomic E-state index is 12.8. The van der Waals surface area contributed by atoms with E-state index in [0.29, 0.717) is 17.6 Å². The highest BCUT2D eigenvalue weighted by Crippen LogP contribution is 2.29. The molecule has 0 bridgehead atoms. The van der Waals surface area contributed by atoms with Crippen molar-refractivity contribution in [2.45, 2.75) is 37.6 Å². The molecule has 0 saturated carbocycles. The third kappa shape index (κ3) is 5.52. The molecule has 0 spiro atoms. The van der Waals surface area contributed by atoms with Crippen LogP contribution in [0.3, 0.4) is 0 Å². The summed E-state index contributed by atoms with van der Waals surface area (Å²) in [5, 5.41) is 1.79. The Kier molecular flexibility index (Phi) is 7.47. The Morgan fingerprint density at radius 3 is 2.54 bits per heavy atom. The van der Waals surface area contributed by atoms with E-state index in [4.69, 9.17) is 4.98 Å². The number of sulfonamides is 1. The minimum atomic E-state index is -3.85. The molecule has 182 valence electrons. The molecule has 4 aromatic rings. The summed E-state index contributed by atoms with van der Waals surface area (Å²) in [6.07, 6.45) is 4.15. The fourth-order valence-electron chi connectivity index (χ4n) is 3.85. The van der Waals surface area contributed by atoms with Crippen LogP contribution in [-0.4, -0.2) is 43.3 Å². The van der Waals surface area contributed by atoms with Gasteiger partial charge in [0.25, 0.3) is 10.0 Å². The first-order valence-corrected chi connectivity index (χ1v) is 13.7. The van der Waals surface area contributed by atoms with Crippen LogP contribution >= 0.6 is 11.3 Å². The molecule has 2 aromatic carbocycles. The first-order valence-electron chi connectivity index (χ1n) is 11.4. The molecule has 0 amide bonds. The lowest BCUT2D eigenvalue weighted by Crippen LogP contribution is -2.11. The van der Waals surface area contributed by atoms with Crippen molar-refractivity contribution in [2.75, 3.05) is 14.1 Å². The zero-order valence-corrected chi connectivity index (χ0v) is 21.6. The van der Waals surface area contributed by atoms with Crippen molar-refractivity contribution < 1.29 is 8.42 Å². The molecule has 0 radical (unpaired) electrons. The zero-order valence-electron chi connectivity index (χ0n) is 20.0. The van der Waals surface area contributed by atoms with E-state index in [9.17, 15) is 13.2 Å². The summed E-state index contributed by atoms with van der Waals surface area (Å²) in [5.41, 5.74) is 2.99. The molecule has 7 nitrogen and oxygen atoms in total. The number of nitrogens with zero attached hydrogens (tertiary/aromatic N) is 4. The number of benzene rings is 2. The van der Waals surface area contributed by atoms with E-state index < -0.39 is 10.0 Å². The van der Waals surface area contributed by atoms with Gasteiger partial charge in [0.2, 0.25) is 5.43 Å². The molecule has 0 saturated heterocycles. The fourth-order valence-corrected chi connectivity index (χ4v) is 5.79. The van der Waals surface area contributed by atoms with Gasteiger partial charge in [-0.1, -0.05) is 55.8 Å². The van der Waals surface area contributed by atoms with Crippen molar-refractivity contribution in [3.63, 3.8) is 0 Å². The first kappa shape index (κ1) is 24.8. The number of hydrogen-bond donors (Lipinski definition) is 0. The van der Waals surface area contributed by atoms with Crippen molar-refractivity contribution in [3.05, 3.63) is 81.6 Å². The van der Waals surface area contributed by atoms with Crippen LogP contribution in [0.25, 0.3) is 21.5 Å². The fraction of sp³-hybridized carbons (Fsp3) is 0.269. The van der Waals surface area contributed by atoms with Gasteiger partial charge < -0.3 is 9.47 Å². The van der Waals surface area contributed by atoms with Crippen LogP contribution in [-0.2, 0) is 23.0 Å². The summed E-state index contributed by atoms with van der Waals surface area (Å²) in [7, 11) is -0.408. The first-order chi connectivity index (χ1) is 16.8. The van der Waals surface area contributed by atoms with E-state index in [-0.39, 0.29) is 10.3 Å². The molecule has 2 heterocycles. The summed E-state index contributed by atoms with van der Waals surface area (Å²) in [6, 6.07) is 16.2. The van der Waals surface area contributed by atoms with Gasteiger partial charge in [0.1, 0.15) is 22.5 Å². The van der Waals surface area contributed by atoms with E-state index in [0.717, 1.165) is 41.0 Å². The summed E-state index contributed by atoms with van der Waals surface area (Å²) >= 11 is 1.48. The molecule has 0 atom stereocenters. The topological polar surface area (TPSA) is 84.6 Å². The van der Waals surface area contributed by atoms with Crippen molar-refractivity contribution >= 4 is 38.0 Å². The molecule has 2 aromatic heterocycles. The Morgan fingerprint density at radius 1 is 1.09 bits per heavy atom. The maximum absolute atomic E-state index is 12.8. The molecule has 0 aliphatic carbocycles. The lowest BCUT2D eigenvalue weighted by atomic mass is 10.0. The normalized spacial score (nSPS) is 12.0. The largest absolute Gasteiger partial charge is 0.368 e. The highest BCUT2D eigenvalue weighted by Gasteiger charge is 2.18. The van der Waals surface area contributed by atoms with Crippen molar-refractivity contribution in [1.82, 2.24) is 14.5 Å².